The molecule has 5 rings (SSSR count). The number of rotatable bonds is 5. The zero-order valence-electron chi connectivity index (χ0n) is 20.5. The first-order chi connectivity index (χ1) is 15.3. The molecule has 4 aliphatic rings. The molecule has 0 bridgehead atoms. The number of aryl methyl sites for hydroxylation is 1. The van der Waals surface area contributed by atoms with Crippen LogP contribution < -0.4 is 4.74 Å². The summed E-state index contributed by atoms with van der Waals surface area (Å²) >= 11 is 0. The summed E-state index contributed by atoms with van der Waals surface area (Å²) in [6.45, 7) is 8.86. The molecular formula is C28H38O4. The van der Waals surface area contributed by atoms with Gasteiger partial charge in [-0.15, -0.1) is 0 Å². The first-order valence-corrected chi connectivity index (χ1v) is 12.4. The maximum absolute atomic E-state index is 13.2. The van der Waals surface area contributed by atoms with Gasteiger partial charge < -0.3 is 14.2 Å². The normalized spacial score (nSPS) is 34.4. The second kappa shape index (κ2) is 7.62. The summed E-state index contributed by atoms with van der Waals surface area (Å²) in [5.41, 5.74) is 5.64. The maximum atomic E-state index is 13.2. The first kappa shape index (κ1) is 22.0. The number of esters is 1. The Balaban J connectivity index is 1.56. The van der Waals surface area contributed by atoms with Gasteiger partial charge in [0, 0.05) is 12.7 Å². The van der Waals surface area contributed by atoms with E-state index in [0.717, 1.165) is 34.8 Å². The second-order valence-corrected chi connectivity index (χ2v) is 10.7. The van der Waals surface area contributed by atoms with Crippen molar-refractivity contribution in [3.63, 3.8) is 0 Å². The van der Waals surface area contributed by atoms with Crippen molar-refractivity contribution in [3.05, 3.63) is 40.0 Å². The number of hydrogen-bond acceptors (Lipinski definition) is 4. The number of fused-ring (bicyclic) bond motifs is 5. The van der Waals surface area contributed by atoms with Gasteiger partial charge in [0.1, 0.15) is 11.2 Å². The van der Waals surface area contributed by atoms with Gasteiger partial charge in [0.25, 0.3) is 0 Å². The van der Waals surface area contributed by atoms with Crippen molar-refractivity contribution in [3.8, 4) is 5.75 Å². The summed E-state index contributed by atoms with van der Waals surface area (Å²) in [5.74, 6) is 2.67. The number of carbonyl (C=O) groups is 1. The third kappa shape index (κ3) is 2.74. The topological polar surface area (TPSA) is 44.8 Å². The van der Waals surface area contributed by atoms with E-state index in [1.807, 2.05) is 14.0 Å². The monoisotopic (exact) mass is 438 g/mol. The molecule has 0 heterocycles. The van der Waals surface area contributed by atoms with E-state index < -0.39 is 5.41 Å². The van der Waals surface area contributed by atoms with E-state index in [1.54, 1.807) is 7.11 Å². The molecule has 4 aliphatic carbocycles. The number of methoxy groups -OCH3 is 2. The molecular weight excluding hydrogens is 400 g/mol. The summed E-state index contributed by atoms with van der Waals surface area (Å²) in [6, 6.07) is 4.55. The van der Waals surface area contributed by atoms with Gasteiger partial charge in [-0.25, -0.2) is 0 Å². The number of benzene rings is 1. The SMILES string of the molecule is CCOC(=O)C1(c2cc3c(cc2OC)CCC2C3CCC3(C)C(OC)CCC23)C(C)=C1C. The fourth-order valence-corrected chi connectivity index (χ4v) is 8.02. The van der Waals surface area contributed by atoms with Crippen LogP contribution in [0.15, 0.2) is 23.3 Å². The minimum Gasteiger partial charge on any atom is -0.496 e. The summed E-state index contributed by atoms with van der Waals surface area (Å²) in [6.07, 6.45) is 7.63. The van der Waals surface area contributed by atoms with Crippen molar-refractivity contribution in [1.29, 1.82) is 0 Å². The molecule has 2 saturated carbocycles. The molecule has 0 aromatic heterocycles. The fourth-order valence-electron chi connectivity index (χ4n) is 8.02. The highest BCUT2D eigenvalue weighted by molar-refractivity contribution is 5.99. The maximum Gasteiger partial charge on any atom is 0.325 e. The number of ether oxygens (including phenoxy) is 3. The zero-order valence-corrected chi connectivity index (χ0v) is 20.5. The summed E-state index contributed by atoms with van der Waals surface area (Å²) in [4.78, 5) is 13.2. The minimum absolute atomic E-state index is 0.157. The zero-order chi connectivity index (χ0) is 22.8. The molecule has 0 saturated heterocycles. The summed E-state index contributed by atoms with van der Waals surface area (Å²) in [5, 5.41) is 0. The molecule has 0 spiro atoms. The van der Waals surface area contributed by atoms with Gasteiger partial charge in [0.2, 0.25) is 0 Å². The van der Waals surface area contributed by atoms with Crippen LogP contribution in [0.4, 0.5) is 0 Å². The summed E-state index contributed by atoms with van der Waals surface area (Å²) in [7, 11) is 3.61. The highest BCUT2D eigenvalue weighted by atomic mass is 16.5. The van der Waals surface area contributed by atoms with Crippen LogP contribution in [0.2, 0.25) is 0 Å². The van der Waals surface area contributed by atoms with Crippen molar-refractivity contribution in [2.45, 2.75) is 83.7 Å². The lowest BCUT2D eigenvalue weighted by molar-refractivity contribution is -0.145. The molecule has 32 heavy (non-hydrogen) atoms. The standard InChI is InChI=1S/C28H38O4/c1-7-32-26(29)28(16(2)17(28)3)23-15-21-18(14-24(23)30-5)8-9-20-19(21)12-13-27(4)22(20)10-11-25(27)31-6/h14-15,19-20,22,25H,7-13H2,1-6H3. The van der Waals surface area contributed by atoms with E-state index >= 15 is 0 Å². The van der Waals surface area contributed by atoms with Crippen molar-refractivity contribution >= 4 is 5.97 Å². The Morgan fingerprint density at radius 2 is 1.84 bits per heavy atom. The molecule has 0 N–H and O–H groups in total. The molecule has 4 heteroatoms. The first-order valence-electron chi connectivity index (χ1n) is 12.4. The molecule has 5 unspecified atom stereocenters. The predicted octanol–water partition coefficient (Wildman–Crippen LogP) is 5.72. The Kier molecular flexibility index (Phi) is 5.24. The van der Waals surface area contributed by atoms with E-state index in [4.69, 9.17) is 14.2 Å². The third-order valence-corrected chi connectivity index (χ3v) is 9.85. The van der Waals surface area contributed by atoms with Crippen LogP contribution in [-0.2, 0) is 26.1 Å². The van der Waals surface area contributed by atoms with Gasteiger partial charge in [0.05, 0.1) is 19.8 Å². The van der Waals surface area contributed by atoms with E-state index in [0.29, 0.717) is 30.0 Å². The van der Waals surface area contributed by atoms with Crippen molar-refractivity contribution in [2.24, 2.45) is 17.3 Å². The molecule has 2 fully saturated rings. The highest BCUT2D eigenvalue weighted by Crippen LogP contribution is 2.63. The van der Waals surface area contributed by atoms with E-state index in [1.165, 1.54) is 43.2 Å². The van der Waals surface area contributed by atoms with Crippen LogP contribution in [0.25, 0.3) is 0 Å². The van der Waals surface area contributed by atoms with Crippen molar-refractivity contribution < 1.29 is 19.0 Å². The fraction of sp³-hybridized carbons (Fsp3) is 0.679. The van der Waals surface area contributed by atoms with Gasteiger partial charge >= 0.3 is 5.97 Å². The Hall–Kier alpha value is -1.81. The third-order valence-electron chi connectivity index (χ3n) is 9.85. The second-order valence-electron chi connectivity index (χ2n) is 10.7. The van der Waals surface area contributed by atoms with Gasteiger partial charge in [0.15, 0.2) is 0 Å². The molecule has 174 valence electrons. The molecule has 0 radical (unpaired) electrons. The minimum atomic E-state index is -0.735. The molecule has 4 nitrogen and oxygen atoms in total. The molecule has 0 amide bonds. The number of hydrogen-bond donors (Lipinski definition) is 0. The molecule has 5 atom stereocenters. The quantitative estimate of drug-likeness (QED) is 0.436. The van der Waals surface area contributed by atoms with Crippen LogP contribution in [0.5, 0.6) is 5.75 Å². The summed E-state index contributed by atoms with van der Waals surface area (Å²) < 4.78 is 17.4. The smallest absolute Gasteiger partial charge is 0.325 e. The Labute approximate surface area is 192 Å². The highest BCUT2D eigenvalue weighted by Gasteiger charge is 2.59. The van der Waals surface area contributed by atoms with Gasteiger partial charge in [-0.05, 0) is 117 Å². The number of carbonyl (C=O) groups excluding carboxylic acids is 1. The van der Waals surface area contributed by atoms with Gasteiger partial charge in [-0.3, -0.25) is 4.79 Å². The van der Waals surface area contributed by atoms with E-state index in [2.05, 4.69) is 32.9 Å². The van der Waals surface area contributed by atoms with Crippen LogP contribution in [-0.4, -0.2) is 32.9 Å². The van der Waals surface area contributed by atoms with Crippen LogP contribution in [0, 0.1) is 17.3 Å². The Morgan fingerprint density at radius 1 is 1.09 bits per heavy atom. The van der Waals surface area contributed by atoms with Gasteiger partial charge in [-0.2, -0.15) is 0 Å². The van der Waals surface area contributed by atoms with E-state index in [9.17, 15) is 4.79 Å². The average Bonchev–Trinajstić information content (AvgIpc) is 3.16. The molecule has 1 aromatic rings. The van der Waals surface area contributed by atoms with E-state index in [-0.39, 0.29) is 5.97 Å². The Morgan fingerprint density at radius 3 is 2.47 bits per heavy atom. The van der Waals surface area contributed by atoms with Crippen molar-refractivity contribution in [2.75, 3.05) is 20.8 Å². The molecule has 0 aliphatic heterocycles. The van der Waals surface area contributed by atoms with Crippen LogP contribution >= 0.6 is 0 Å². The van der Waals surface area contributed by atoms with Crippen molar-refractivity contribution in [1.82, 2.24) is 0 Å². The van der Waals surface area contributed by atoms with Crippen LogP contribution in [0.3, 0.4) is 0 Å². The average molecular weight is 439 g/mol. The molecule has 1 aromatic carbocycles. The van der Waals surface area contributed by atoms with Gasteiger partial charge in [-0.1, -0.05) is 6.92 Å². The Bertz CT molecular complexity index is 964. The largest absolute Gasteiger partial charge is 0.496 e. The predicted molar refractivity (Wildman–Crippen MR) is 125 cm³/mol. The van der Waals surface area contributed by atoms with Crippen LogP contribution in [0.1, 0.15) is 82.4 Å². The lowest BCUT2D eigenvalue weighted by Crippen LogP contribution is -2.44. The lowest BCUT2D eigenvalue weighted by Gasteiger charge is -2.50. The lowest BCUT2D eigenvalue weighted by atomic mass is 9.55.